The molecule has 17 heteroatoms. The van der Waals surface area contributed by atoms with E-state index in [1.165, 1.54) is 6.07 Å². The Labute approximate surface area is 233 Å². The molecular formula is C23H25ClF3N7O4S2. The quantitative estimate of drug-likeness (QED) is 0.454. The highest BCUT2D eigenvalue weighted by Crippen LogP contribution is 2.37. The SMILES string of the molecule is CS(=O)(=O)N1CC(n2nnc(-c3cc4c(cc3F)S(=O)(=O)C[C@H](N)CN4Cc3ccc(Cl)cc3)n2)CC(F)(F)C1. The minimum atomic E-state index is -3.96. The van der Waals surface area contributed by atoms with Gasteiger partial charge in [-0.05, 0) is 35.0 Å². The van der Waals surface area contributed by atoms with E-state index in [0.717, 1.165) is 22.7 Å². The molecule has 2 aliphatic rings. The molecule has 3 heterocycles. The molecule has 0 amide bonds. The maximum absolute atomic E-state index is 15.4. The van der Waals surface area contributed by atoms with Crippen LogP contribution in [0.2, 0.25) is 5.02 Å². The van der Waals surface area contributed by atoms with E-state index in [9.17, 15) is 25.6 Å². The number of rotatable bonds is 5. The van der Waals surface area contributed by atoms with Crippen molar-refractivity contribution in [3.63, 3.8) is 0 Å². The summed E-state index contributed by atoms with van der Waals surface area (Å²) in [6, 6.07) is 7.12. The van der Waals surface area contributed by atoms with E-state index in [4.69, 9.17) is 17.3 Å². The average molecular weight is 620 g/mol. The molecule has 216 valence electrons. The van der Waals surface area contributed by atoms with Crippen LogP contribution in [-0.2, 0) is 26.4 Å². The van der Waals surface area contributed by atoms with Gasteiger partial charge >= 0.3 is 0 Å². The number of hydrogen-bond acceptors (Lipinski definition) is 9. The van der Waals surface area contributed by atoms with Gasteiger partial charge in [0.25, 0.3) is 5.92 Å². The first-order valence-electron chi connectivity index (χ1n) is 12.1. The summed E-state index contributed by atoms with van der Waals surface area (Å²) in [4.78, 5) is 2.29. The highest BCUT2D eigenvalue weighted by atomic mass is 35.5. The number of hydrogen-bond donors (Lipinski definition) is 1. The molecule has 1 fully saturated rings. The highest BCUT2D eigenvalue weighted by molar-refractivity contribution is 7.91. The summed E-state index contributed by atoms with van der Waals surface area (Å²) in [6.07, 6.45) is 0.0823. The van der Waals surface area contributed by atoms with Crippen LogP contribution in [0.4, 0.5) is 18.9 Å². The molecule has 2 aliphatic heterocycles. The second-order valence-electron chi connectivity index (χ2n) is 10.1. The second kappa shape index (κ2) is 10.2. The van der Waals surface area contributed by atoms with Crippen LogP contribution in [0.25, 0.3) is 11.4 Å². The zero-order valence-corrected chi connectivity index (χ0v) is 23.5. The Hall–Kier alpha value is -2.79. The Morgan fingerprint density at radius 2 is 1.88 bits per heavy atom. The number of nitrogens with two attached hydrogens (primary N) is 1. The number of benzene rings is 2. The largest absolute Gasteiger partial charge is 0.365 e. The van der Waals surface area contributed by atoms with E-state index in [-0.39, 0.29) is 41.6 Å². The van der Waals surface area contributed by atoms with Gasteiger partial charge in [0.2, 0.25) is 15.8 Å². The number of sulfone groups is 1. The Balaban J connectivity index is 1.54. The molecule has 0 bridgehead atoms. The molecule has 1 saturated heterocycles. The van der Waals surface area contributed by atoms with E-state index in [2.05, 4.69) is 15.4 Å². The fraction of sp³-hybridized carbons (Fsp3) is 0.435. The number of fused-ring (bicyclic) bond motifs is 1. The molecule has 2 N–H and O–H groups in total. The molecule has 40 heavy (non-hydrogen) atoms. The minimum Gasteiger partial charge on any atom is -0.365 e. The molecule has 1 unspecified atom stereocenters. The number of sulfonamides is 1. The molecule has 1 aromatic heterocycles. The lowest BCUT2D eigenvalue weighted by molar-refractivity contribution is -0.0640. The Morgan fingerprint density at radius 1 is 1.18 bits per heavy atom. The molecule has 5 rings (SSSR count). The van der Waals surface area contributed by atoms with Crippen molar-refractivity contribution in [1.82, 2.24) is 24.5 Å². The van der Waals surface area contributed by atoms with Crippen LogP contribution in [0.3, 0.4) is 0 Å². The molecule has 0 saturated carbocycles. The van der Waals surface area contributed by atoms with Crippen LogP contribution in [-0.4, -0.2) is 85.0 Å². The number of tetrazole rings is 1. The molecule has 11 nitrogen and oxygen atoms in total. The maximum atomic E-state index is 15.4. The van der Waals surface area contributed by atoms with Crippen molar-refractivity contribution in [2.75, 3.05) is 36.5 Å². The average Bonchev–Trinajstić information content (AvgIpc) is 3.30. The normalized spacial score (nSPS) is 23.0. The first kappa shape index (κ1) is 28.7. The molecule has 0 aliphatic carbocycles. The van der Waals surface area contributed by atoms with E-state index in [1.807, 2.05) is 0 Å². The van der Waals surface area contributed by atoms with Crippen molar-refractivity contribution in [2.24, 2.45) is 5.73 Å². The molecular weight excluding hydrogens is 595 g/mol. The third kappa shape index (κ3) is 5.95. The van der Waals surface area contributed by atoms with Crippen molar-refractivity contribution in [2.45, 2.75) is 35.9 Å². The predicted molar refractivity (Wildman–Crippen MR) is 141 cm³/mol. The molecule has 2 atom stereocenters. The maximum Gasteiger partial charge on any atom is 0.263 e. The lowest BCUT2D eigenvalue weighted by atomic mass is 10.1. The highest BCUT2D eigenvalue weighted by Gasteiger charge is 2.45. The number of piperidine rings is 1. The monoisotopic (exact) mass is 619 g/mol. The van der Waals surface area contributed by atoms with Gasteiger partial charge in [0.05, 0.1) is 40.7 Å². The summed E-state index contributed by atoms with van der Waals surface area (Å²) in [6.45, 7) is -0.916. The van der Waals surface area contributed by atoms with Gasteiger partial charge in [-0.1, -0.05) is 23.7 Å². The van der Waals surface area contributed by atoms with Gasteiger partial charge in [-0.15, -0.1) is 10.2 Å². The van der Waals surface area contributed by atoms with Crippen LogP contribution in [0, 0.1) is 5.82 Å². The predicted octanol–water partition coefficient (Wildman–Crippen LogP) is 2.10. The summed E-state index contributed by atoms with van der Waals surface area (Å²) in [5, 5.41) is 12.2. The lowest BCUT2D eigenvalue weighted by Gasteiger charge is -2.35. The van der Waals surface area contributed by atoms with Crippen LogP contribution in [0.1, 0.15) is 18.0 Å². The van der Waals surface area contributed by atoms with Gasteiger partial charge in [0.1, 0.15) is 5.82 Å². The fourth-order valence-corrected chi connectivity index (χ4v) is 7.53. The third-order valence-corrected chi connectivity index (χ3v) is 10.1. The van der Waals surface area contributed by atoms with Crippen molar-refractivity contribution in [3.8, 4) is 11.4 Å². The van der Waals surface area contributed by atoms with E-state index >= 15 is 4.39 Å². The van der Waals surface area contributed by atoms with E-state index < -0.39 is 62.4 Å². The Morgan fingerprint density at radius 3 is 2.55 bits per heavy atom. The van der Waals surface area contributed by atoms with Gasteiger partial charge in [-0.2, -0.15) is 9.10 Å². The topological polar surface area (TPSA) is 144 Å². The zero-order valence-electron chi connectivity index (χ0n) is 21.1. The van der Waals surface area contributed by atoms with Crippen LogP contribution in [0.15, 0.2) is 41.3 Å². The smallest absolute Gasteiger partial charge is 0.263 e. The number of alkyl halides is 2. The first-order chi connectivity index (χ1) is 18.6. The standard InChI is InChI=1S/C23H25ClF3N7O4S2/c1-39(35,36)33-11-17(8-23(26,27)13-33)34-30-22(29-31-34)18-6-20-21(7-19(18)25)40(37,38)12-16(28)10-32(20)9-14-2-4-15(24)5-3-14/h2-7,16-17H,8-13,28H2,1H3/t16-,17?/m1/s1. The summed E-state index contributed by atoms with van der Waals surface area (Å²) in [5.41, 5.74) is 6.87. The number of halogens is 4. The Kier molecular flexibility index (Phi) is 7.35. The van der Waals surface area contributed by atoms with Gasteiger partial charge < -0.3 is 10.6 Å². The van der Waals surface area contributed by atoms with Gasteiger partial charge in [0, 0.05) is 37.1 Å². The third-order valence-electron chi connectivity index (χ3n) is 6.72. The second-order valence-corrected chi connectivity index (χ2v) is 14.5. The molecule has 3 aromatic rings. The van der Waals surface area contributed by atoms with Crippen molar-refractivity contribution >= 4 is 37.1 Å². The summed E-state index contributed by atoms with van der Waals surface area (Å²) < 4.78 is 94.7. The summed E-state index contributed by atoms with van der Waals surface area (Å²) in [7, 11) is -7.89. The van der Waals surface area contributed by atoms with Crippen LogP contribution in [0.5, 0.6) is 0 Å². The Bertz CT molecular complexity index is 1650. The fourth-order valence-electron chi connectivity index (χ4n) is 4.90. The minimum absolute atomic E-state index is 0.137. The molecule has 2 aromatic carbocycles. The van der Waals surface area contributed by atoms with Gasteiger partial charge in [-0.3, -0.25) is 0 Å². The molecule has 0 spiro atoms. The first-order valence-corrected chi connectivity index (χ1v) is 15.9. The van der Waals surface area contributed by atoms with E-state index in [0.29, 0.717) is 9.33 Å². The van der Waals surface area contributed by atoms with Crippen LogP contribution < -0.4 is 10.6 Å². The summed E-state index contributed by atoms with van der Waals surface area (Å²) >= 11 is 5.98. The van der Waals surface area contributed by atoms with Crippen molar-refractivity contribution in [1.29, 1.82) is 0 Å². The number of anilines is 1. The number of nitrogens with zero attached hydrogens (tertiary/aromatic N) is 6. The molecule has 0 radical (unpaired) electrons. The lowest BCUT2D eigenvalue weighted by Crippen LogP contribution is -2.50. The van der Waals surface area contributed by atoms with Crippen LogP contribution >= 0.6 is 11.6 Å². The van der Waals surface area contributed by atoms with Crippen molar-refractivity contribution < 1.29 is 30.0 Å². The summed E-state index contributed by atoms with van der Waals surface area (Å²) in [5.74, 6) is -4.98. The van der Waals surface area contributed by atoms with Crippen molar-refractivity contribution in [3.05, 3.63) is 52.8 Å². The van der Waals surface area contributed by atoms with Gasteiger partial charge in [-0.25, -0.2) is 30.0 Å². The zero-order chi connectivity index (χ0) is 29.0. The van der Waals surface area contributed by atoms with Gasteiger partial charge in [0.15, 0.2) is 9.84 Å². The van der Waals surface area contributed by atoms with E-state index in [1.54, 1.807) is 29.2 Å². The number of aromatic nitrogens is 4.